The molecule has 0 aromatic heterocycles. The molecule has 0 aliphatic heterocycles. The maximum atomic E-state index is 14.0. The molecule has 0 aromatic carbocycles. The van der Waals surface area contributed by atoms with E-state index in [1.54, 1.807) is 0 Å². The van der Waals surface area contributed by atoms with E-state index in [4.69, 9.17) is 0 Å². The Hall–Kier alpha value is -1.86. The molecule has 1 nitrogen and oxygen atoms in total. The molecule has 0 amide bonds. The number of ether oxygens (including phenoxy) is 1. The molecular formula is C11H2F20O. The third-order valence-electron chi connectivity index (χ3n) is 3.12. The molecule has 192 valence electrons. The predicted octanol–water partition coefficient (Wildman–Crippen LogP) is 7.05. The summed E-state index contributed by atoms with van der Waals surface area (Å²) in [6, 6.07) is 0. The second kappa shape index (κ2) is 7.87. The highest BCUT2D eigenvalue weighted by atomic mass is 19.4. The lowest BCUT2D eigenvalue weighted by Gasteiger charge is -2.41. The minimum Gasteiger partial charge on any atom is -0.479 e. The van der Waals surface area contributed by atoms with Gasteiger partial charge in [-0.1, -0.05) is 0 Å². The zero-order valence-corrected chi connectivity index (χ0v) is 13.7. The van der Waals surface area contributed by atoms with Crippen LogP contribution in [0, 0.1) is 0 Å². The van der Waals surface area contributed by atoms with Crippen molar-refractivity contribution in [2.45, 2.75) is 48.4 Å². The Kier molecular flexibility index (Phi) is 7.41. The van der Waals surface area contributed by atoms with Gasteiger partial charge in [0.15, 0.2) is 6.61 Å². The van der Waals surface area contributed by atoms with Crippen LogP contribution in [0.15, 0.2) is 11.3 Å². The normalized spacial score (nSPS) is 15.6. The maximum Gasteiger partial charge on any atom is 0.449 e. The van der Waals surface area contributed by atoms with Gasteiger partial charge in [0.25, 0.3) is 0 Å². The average molecular weight is 530 g/mol. The zero-order valence-electron chi connectivity index (χ0n) is 13.7. The number of rotatable bonds is 4. The molecule has 0 saturated heterocycles. The second-order valence-electron chi connectivity index (χ2n) is 5.41. The van der Waals surface area contributed by atoms with Gasteiger partial charge >= 0.3 is 48.4 Å². The summed E-state index contributed by atoms with van der Waals surface area (Å²) in [4.78, 5) is 0. The van der Waals surface area contributed by atoms with Crippen molar-refractivity contribution in [1.29, 1.82) is 0 Å². The van der Waals surface area contributed by atoms with Crippen LogP contribution in [0.2, 0.25) is 0 Å². The van der Waals surface area contributed by atoms with Crippen LogP contribution >= 0.6 is 0 Å². The third kappa shape index (κ3) is 5.37. The fourth-order valence-corrected chi connectivity index (χ4v) is 1.89. The van der Waals surface area contributed by atoms with Crippen LogP contribution in [0.3, 0.4) is 0 Å². The van der Waals surface area contributed by atoms with Crippen molar-refractivity contribution < 1.29 is 92.5 Å². The summed E-state index contributed by atoms with van der Waals surface area (Å²) in [6.07, 6.45) is -46.9. The van der Waals surface area contributed by atoms with Gasteiger partial charge in [-0.3, -0.25) is 0 Å². The molecule has 0 spiro atoms. The minimum atomic E-state index is -8.50. The van der Waals surface area contributed by atoms with E-state index in [9.17, 15) is 87.8 Å². The van der Waals surface area contributed by atoms with Crippen molar-refractivity contribution in [2.75, 3.05) is 6.61 Å². The van der Waals surface area contributed by atoms with E-state index in [1.807, 2.05) is 0 Å². The van der Waals surface area contributed by atoms with Crippen LogP contribution in [-0.4, -0.2) is 55.0 Å². The summed E-state index contributed by atoms with van der Waals surface area (Å²) in [7, 11) is 0. The van der Waals surface area contributed by atoms with Crippen LogP contribution < -0.4 is 0 Å². The second-order valence-corrected chi connectivity index (χ2v) is 5.41. The van der Waals surface area contributed by atoms with E-state index >= 15 is 0 Å². The largest absolute Gasteiger partial charge is 0.479 e. The van der Waals surface area contributed by atoms with Crippen molar-refractivity contribution >= 4 is 0 Å². The Balaban J connectivity index is 8.17. The van der Waals surface area contributed by atoms with Crippen molar-refractivity contribution in [2.24, 2.45) is 0 Å². The van der Waals surface area contributed by atoms with Gasteiger partial charge in [-0.25, -0.2) is 8.78 Å². The molecular weight excluding hydrogens is 528 g/mol. The molecule has 0 heterocycles. The van der Waals surface area contributed by atoms with Crippen molar-refractivity contribution in [3.8, 4) is 0 Å². The first-order chi connectivity index (χ1) is 13.5. The van der Waals surface area contributed by atoms with Gasteiger partial charge in [0, 0.05) is 0 Å². The molecule has 0 atom stereocenters. The third-order valence-corrected chi connectivity index (χ3v) is 3.12. The molecule has 0 bridgehead atoms. The number of allylic oxidation sites excluding steroid dienone is 2. The molecule has 0 unspecified atom stereocenters. The predicted molar refractivity (Wildman–Crippen MR) is 57.0 cm³/mol. The van der Waals surface area contributed by atoms with Crippen molar-refractivity contribution in [1.82, 2.24) is 0 Å². The van der Waals surface area contributed by atoms with Crippen LogP contribution in [0.25, 0.3) is 0 Å². The standard InChI is InChI=1S/C11H2F20O/c12-4(13,14)1-32-3(7(17,18)19)2(5(15,8(20,21)22)9(23,24)25)6(16,10(26,27)28)11(29,30)31/h1H2. The summed E-state index contributed by atoms with van der Waals surface area (Å²) in [5.41, 5.74) is -23.0. The molecule has 0 rings (SSSR count). The number of halogens is 20. The van der Waals surface area contributed by atoms with Gasteiger partial charge in [0.2, 0.25) is 5.76 Å². The van der Waals surface area contributed by atoms with Crippen LogP contribution in [0.5, 0.6) is 0 Å². The quantitative estimate of drug-likeness (QED) is 0.280. The molecule has 0 saturated carbocycles. The van der Waals surface area contributed by atoms with E-state index in [-0.39, 0.29) is 0 Å². The fourth-order valence-electron chi connectivity index (χ4n) is 1.89. The maximum absolute atomic E-state index is 14.0. The molecule has 0 aromatic rings. The topological polar surface area (TPSA) is 9.23 Å². The van der Waals surface area contributed by atoms with Gasteiger partial charge in [-0.15, -0.1) is 0 Å². The lowest BCUT2D eigenvalue weighted by molar-refractivity contribution is -0.366. The van der Waals surface area contributed by atoms with E-state index in [1.165, 1.54) is 0 Å². The van der Waals surface area contributed by atoms with Gasteiger partial charge in [-0.2, -0.15) is 79.0 Å². The number of hydrogen-bond acceptors (Lipinski definition) is 1. The minimum absolute atomic E-state index is 2.26. The Labute approximate surface area is 160 Å². The Morgan fingerprint density at radius 2 is 0.688 bits per heavy atom. The Bertz CT molecular complexity index is 622. The van der Waals surface area contributed by atoms with Gasteiger partial charge in [-0.05, 0) is 0 Å². The highest BCUT2D eigenvalue weighted by Gasteiger charge is 2.88. The number of hydrogen-bond donors (Lipinski definition) is 0. The first-order valence-corrected chi connectivity index (χ1v) is 6.63. The van der Waals surface area contributed by atoms with Crippen LogP contribution in [-0.2, 0) is 4.74 Å². The lowest BCUT2D eigenvalue weighted by Crippen LogP contribution is -2.66. The molecule has 0 aliphatic rings. The van der Waals surface area contributed by atoms with E-state index < -0.39 is 66.3 Å². The molecule has 0 N–H and O–H groups in total. The SMILES string of the molecule is FC(F)(F)COC(=C(C(F)(C(F)(F)F)C(F)(F)F)C(F)(C(F)(F)F)C(F)(F)F)C(F)(F)F. The molecule has 21 heteroatoms. The lowest BCUT2D eigenvalue weighted by atomic mass is 9.79. The summed E-state index contributed by atoms with van der Waals surface area (Å²) in [5.74, 6) is -5.15. The van der Waals surface area contributed by atoms with Gasteiger partial charge < -0.3 is 4.74 Å². The number of alkyl halides is 20. The summed E-state index contributed by atoms with van der Waals surface area (Å²) in [5, 5.41) is 0. The zero-order chi connectivity index (χ0) is 26.6. The van der Waals surface area contributed by atoms with Crippen LogP contribution in [0.1, 0.15) is 0 Å². The molecule has 32 heavy (non-hydrogen) atoms. The Morgan fingerprint density at radius 3 is 0.844 bits per heavy atom. The van der Waals surface area contributed by atoms with Gasteiger partial charge in [0.05, 0.1) is 5.57 Å². The summed E-state index contributed by atoms with van der Waals surface area (Å²) < 4.78 is 257. The average Bonchev–Trinajstić information content (AvgIpc) is 2.42. The van der Waals surface area contributed by atoms with Crippen molar-refractivity contribution in [3.63, 3.8) is 0 Å². The Morgan fingerprint density at radius 1 is 0.438 bits per heavy atom. The molecule has 0 fully saturated rings. The smallest absolute Gasteiger partial charge is 0.449 e. The summed E-state index contributed by atoms with van der Waals surface area (Å²) >= 11 is 0. The van der Waals surface area contributed by atoms with Crippen molar-refractivity contribution in [3.05, 3.63) is 11.3 Å². The van der Waals surface area contributed by atoms with E-state index in [0.29, 0.717) is 0 Å². The monoisotopic (exact) mass is 530 g/mol. The highest BCUT2D eigenvalue weighted by Crippen LogP contribution is 2.63. The fraction of sp³-hybridized carbons (Fsp3) is 0.818. The summed E-state index contributed by atoms with van der Waals surface area (Å²) in [6.45, 7) is -3.80. The first-order valence-electron chi connectivity index (χ1n) is 6.63. The van der Waals surface area contributed by atoms with Gasteiger partial charge in [0.1, 0.15) is 0 Å². The highest BCUT2D eigenvalue weighted by molar-refractivity contribution is 5.40. The molecule has 0 aliphatic carbocycles. The van der Waals surface area contributed by atoms with E-state index in [2.05, 4.69) is 4.74 Å². The molecule has 0 radical (unpaired) electrons. The van der Waals surface area contributed by atoms with Crippen LogP contribution in [0.4, 0.5) is 87.8 Å². The van der Waals surface area contributed by atoms with E-state index in [0.717, 1.165) is 0 Å². The first kappa shape index (κ1) is 30.1.